The fraction of sp³-hybridized carbons (Fsp3) is 0.524. The van der Waals surface area contributed by atoms with E-state index in [9.17, 15) is 0 Å². The Bertz CT molecular complexity index is 798. The van der Waals surface area contributed by atoms with Gasteiger partial charge in [0.25, 0.3) is 0 Å². The van der Waals surface area contributed by atoms with Crippen molar-refractivity contribution in [2.75, 3.05) is 47.8 Å². The summed E-state index contributed by atoms with van der Waals surface area (Å²) in [4.78, 5) is 22.5. The van der Waals surface area contributed by atoms with Crippen molar-refractivity contribution >= 4 is 17.6 Å². The van der Waals surface area contributed by atoms with Gasteiger partial charge in [0.05, 0.1) is 0 Å². The van der Waals surface area contributed by atoms with E-state index in [0.29, 0.717) is 0 Å². The second-order valence-corrected chi connectivity index (χ2v) is 7.47. The molecule has 2 aromatic heterocycles. The van der Waals surface area contributed by atoms with Gasteiger partial charge in [-0.3, -0.25) is 0 Å². The van der Waals surface area contributed by atoms with Crippen LogP contribution in [0.25, 0.3) is 0 Å². The van der Waals surface area contributed by atoms with Crippen molar-refractivity contribution in [1.82, 2.24) is 19.9 Å². The van der Waals surface area contributed by atoms with Crippen molar-refractivity contribution in [3.05, 3.63) is 42.0 Å². The number of anilines is 3. The zero-order valence-corrected chi connectivity index (χ0v) is 16.6. The molecule has 3 heterocycles. The van der Waals surface area contributed by atoms with Crippen LogP contribution < -0.4 is 15.1 Å². The van der Waals surface area contributed by atoms with Crippen molar-refractivity contribution in [3.8, 4) is 0 Å². The molecule has 0 atom stereocenters. The van der Waals surface area contributed by atoms with E-state index < -0.39 is 0 Å². The summed E-state index contributed by atoms with van der Waals surface area (Å²) in [7, 11) is 0. The van der Waals surface area contributed by atoms with Crippen molar-refractivity contribution in [3.63, 3.8) is 0 Å². The highest BCUT2D eigenvalue weighted by Gasteiger charge is 2.20. The lowest BCUT2D eigenvalue weighted by molar-refractivity contribution is 0.633. The lowest BCUT2D eigenvalue weighted by Crippen LogP contribution is -2.47. The second-order valence-electron chi connectivity index (χ2n) is 7.47. The van der Waals surface area contributed by atoms with Crippen LogP contribution in [0, 0.1) is 6.92 Å². The summed E-state index contributed by atoms with van der Waals surface area (Å²) in [5.74, 6) is 3.54. The Hall–Kier alpha value is -2.70. The lowest BCUT2D eigenvalue weighted by Gasteiger charge is -2.35. The minimum absolute atomic E-state index is 0.806. The number of aryl methyl sites for hydroxylation is 1. The van der Waals surface area contributed by atoms with E-state index in [1.807, 2.05) is 13.0 Å². The van der Waals surface area contributed by atoms with Crippen molar-refractivity contribution in [2.24, 2.45) is 0 Å². The molecule has 4 rings (SSSR count). The zero-order chi connectivity index (χ0) is 19.2. The fourth-order valence-electron chi connectivity index (χ4n) is 3.88. The first-order chi connectivity index (χ1) is 13.8. The van der Waals surface area contributed by atoms with E-state index in [2.05, 4.69) is 47.2 Å². The van der Waals surface area contributed by atoms with Crippen LogP contribution >= 0.6 is 0 Å². The summed E-state index contributed by atoms with van der Waals surface area (Å²) in [6.45, 7) is 6.49. The van der Waals surface area contributed by atoms with Gasteiger partial charge in [-0.05, 0) is 45.1 Å². The molecule has 0 aromatic carbocycles. The Kier molecular flexibility index (Phi) is 5.99. The summed E-state index contributed by atoms with van der Waals surface area (Å²) >= 11 is 0. The van der Waals surface area contributed by atoms with Gasteiger partial charge in [-0.15, -0.1) is 0 Å². The third kappa shape index (κ3) is 4.77. The standard InChI is InChI=1S/C21H29N7/c1-17-25-19(22-11-8-18-6-3-2-4-7-18)16-20(26-17)27-12-14-28(15-13-27)21-23-9-5-10-24-21/h5-6,9-10,16H,2-4,7-8,11-15H2,1H3,(H,22,25,26). The molecule has 0 unspecified atom stereocenters. The Balaban J connectivity index is 1.34. The average Bonchev–Trinajstić information content (AvgIpc) is 2.75. The molecule has 28 heavy (non-hydrogen) atoms. The molecule has 0 spiro atoms. The van der Waals surface area contributed by atoms with E-state index >= 15 is 0 Å². The normalized spacial score (nSPS) is 17.4. The Morgan fingerprint density at radius 2 is 1.79 bits per heavy atom. The number of nitrogens with one attached hydrogen (secondary N) is 1. The highest BCUT2D eigenvalue weighted by atomic mass is 15.3. The minimum atomic E-state index is 0.806. The highest BCUT2D eigenvalue weighted by molar-refractivity contribution is 5.50. The molecule has 1 saturated heterocycles. The second kappa shape index (κ2) is 8.99. The molecule has 0 radical (unpaired) electrons. The van der Waals surface area contributed by atoms with Crippen LogP contribution in [0.15, 0.2) is 36.2 Å². The SMILES string of the molecule is Cc1nc(NCCC2=CCCCC2)cc(N2CCN(c3ncccn3)CC2)n1. The lowest BCUT2D eigenvalue weighted by atomic mass is 9.97. The predicted octanol–water partition coefficient (Wildman–Crippen LogP) is 3.20. The first-order valence-corrected chi connectivity index (χ1v) is 10.3. The third-order valence-electron chi connectivity index (χ3n) is 5.40. The van der Waals surface area contributed by atoms with Crippen LogP contribution in [0.4, 0.5) is 17.6 Å². The highest BCUT2D eigenvalue weighted by Crippen LogP contribution is 2.21. The van der Waals surface area contributed by atoms with Gasteiger partial charge < -0.3 is 15.1 Å². The molecule has 0 bridgehead atoms. The number of hydrogen-bond acceptors (Lipinski definition) is 7. The number of hydrogen-bond donors (Lipinski definition) is 1. The van der Waals surface area contributed by atoms with Crippen molar-refractivity contribution in [1.29, 1.82) is 0 Å². The van der Waals surface area contributed by atoms with E-state index in [-0.39, 0.29) is 0 Å². The maximum atomic E-state index is 4.67. The maximum Gasteiger partial charge on any atom is 0.225 e. The Morgan fingerprint density at radius 3 is 2.54 bits per heavy atom. The number of piperazine rings is 1. The van der Waals surface area contributed by atoms with Crippen LogP contribution in [-0.2, 0) is 0 Å². The third-order valence-corrected chi connectivity index (χ3v) is 5.40. The quantitative estimate of drug-likeness (QED) is 0.773. The minimum Gasteiger partial charge on any atom is -0.370 e. The molecule has 148 valence electrons. The maximum absolute atomic E-state index is 4.67. The largest absolute Gasteiger partial charge is 0.370 e. The molecule has 0 amide bonds. The zero-order valence-electron chi connectivity index (χ0n) is 16.6. The van der Waals surface area contributed by atoms with Crippen LogP contribution in [0.5, 0.6) is 0 Å². The molecule has 1 N–H and O–H groups in total. The molecular weight excluding hydrogens is 350 g/mol. The van der Waals surface area contributed by atoms with Crippen LogP contribution in [0.1, 0.15) is 37.9 Å². The van der Waals surface area contributed by atoms with Gasteiger partial charge in [0, 0.05) is 51.2 Å². The van der Waals surface area contributed by atoms with Gasteiger partial charge in [-0.2, -0.15) is 0 Å². The average molecular weight is 380 g/mol. The predicted molar refractivity (Wildman–Crippen MR) is 113 cm³/mol. The molecule has 7 nitrogen and oxygen atoms in total. The molecule has 1 aliphatic heterocycles. The number of aromatic nitrogens is 4. The first kappa shape index (κ1) is 18.7. The molecular formula is C21H29N7. The summed E-state index contributed by atoms with van der Waals surface area (Å²) in [6, 6.07) is 3.93. The number of nitrogens with zero attached hydrogens (tertiary/aromatic N) is 6. The van der Waals surface area contributed by atoms with E-state index in [0.717, 1.165) is 62.6 Å². The van der Waals surface area contributed by atoms with E-state index in [4.69, 9.17) is 0 Å². The summed E-state index contributed by atoms with van der Waals surface area (Å²) in [5.41, 5.74) is 1.59. The first-order valence-electron chi connectivity index (χ1n) is 10.3. The number of allylic oxidation sites excluding steroid dienone is 1. The molecule has 2 aliphatic rings. The summed E-state index contributed by atoms with van der Waals surface area (Å²) in [6.07, 6.45) is 12.3. The Labute approximate surface area is 166 Å². The topological polar surface area (TPSA) is 70.1 Å². The van der Waals surface area contributed by atoms with Crippen molar-refractivity contribution in [2.45, 2.75) is 39.0 Å². The van der Waals surface area contributed by atoms with Crippen LogP contribution in [0.2, 0.25) is 0 Å². The van der Waals surface area contributed by atoms with Gasteiger partial charge in [-0.25, -0.2) is 19.9 Å². The van der Waals surface area contributed by atoms with Gasteiger partial charge in [0.15, 0.2) is 0 Å². The summed E-state index contributed by atoms with van der Waals surface area (Å²) < 4.78 is 0. The molecule has 2 aromatic rings. The molecule has 7 heteroatoms. The molecule has 1 fully saturated rings. The molecule has 0 saturated carbocycles. The van der Waals surface area contributed by atoms with E-state index in [1.165, 1.54) is 25.7 Å². The van der Waals surface area contributed by atoms with Gasteiger partial charge in [0.2, 0.25) is 5.95 Å². The fourth-order valence-corrected chi connectivity index (χ4v) is 3.88. The van der Waals surface area contributed by atoms with E-state index in [1.54, 1.807) is 18.0 Å². The van der Waals surface area contributed by atoms with Gasteiger partial charge in [0.1, 0.15) is 17.5 Å². The Morgan fingerprint density at radius 1 is 1.00 bits per heavy atom. The van der Waals surface area contributed by atoms with Crippen molar-refractivity contribution < 1.29 is 0 Å². The molecule has 1 aliphatic carbocycles. The monoisotopic (exact) mass is 379 g/mol. The summed E-state index contributed by atoms with van der Waals surface area (Å²) in [5, 5.41) is 3.50. The van der Waals surface area contributed by atoms with Crippen LogP contribution in [0.3, 0.4) is 0 Å². The number of rotatable bonds is 6. The van der Waals surface area contributed by atoms with Crippen LogP contribution in [-0.4, -0.2) is 52.7 Å². The smallest absolute Gasteiger partial charge is 0.225 e. The van der Waals surface area contributed by atoms with Gasteiger partial charge >= 0.3 is 0 Å². The van der Waals surface area contributed by atoms with Gasteiger partial charge in [-0.1, -0.05) is 11.6 Å².